The van der Waals surface area contributed by atoms with E-state index in [1.165, 1.54) is 0 Å². The van der Waals surface area contributed by atoms with Gasteiger partial charge in [0.1, 0.15) is 5.75 Å². The molecule has 1 aromatic rings. The lowest BCUT2D eigenvalue weighted by molar-refractivity contribution is -0.126. The number of benzene rings is 1. The predicted octanol–water partition coefficient (Wildman–Crippen LogP) is 4.25. The Morgan fingerprint density at radius 1 is 1.35 bits per heavy atom. The molecule has 1 saturated carbocycles. The van der Waals surface area contributed by atoms with Crippen molar-refractivity contribution in [2.45, 2.75) is 52.9 Å². The molecule has 110 valence electrons. The van der Waals surface area contributed by atoms with Crippen LogP contribution in [-0.4, -0.2) is 11.0 Å². The average Bonchev–Trinajstić information content (AvgIpc) is 2.81. The van der Waals surface area contributed by atoms with Gasteiger partial charge in [-0.3, -0.25) is 4.79 Å². The van der Waals surface area contributed by atoms with E-state index >= 15 is 0 Å². The number of hydrogen-bond donors (Lipinski definition) is 2. The highest BCUT2D eigenvalue weighted by Gasteiger charge is 2.41. The summed E-state index contributed by atoms with van der Waals surface area (Å²) in [5.74, 6) is 0.726. The fourth-order valence-electron chi connectivity index (χ4n) is 3.36. The SMILES string of the molecule is Cc1ccc(NC(=O)C2(CC(C)C)CCCC2)c(O)c1. The first kappa shape index (κ1) is 14.9. The lowest BCUT2D eigenvalue weighted by Gasteiger charge is -2.29. The van der Waals surface area contributed by atoms with Crippen LogP contribution in [0.3, 0.4) is 0 Å². The number of anilines is 1. The minimum Gasteiger partial charge on any atom is -0.506 e. The van der Waals surface area contributed by atoms with Crippen LogP contribution < -0.4 is 5.32 Å². The number of nitrogens with one attached hydrogen (secondary N) is 1. The van der Waals surface area contributed by atoms with Crippen LogP contribution in [0.1, 0.15) is 51.5 Å². The van der Waals surface area contributed by atoms with E-state index in [1.54, 1.807) is 12.1 Å². The number of carbonyl (C=O) groups is 1. The van der Waals surface area contributed by atoms with E-state index in [4.69, 9.17) is 0 Å². The number of aromatic hydroxyl groups is 1. The Morgan fingerprint density at radius 3 is 2.55 bits per heavy atom. The van der Waals surface area contributed by atoms with Crippen LogP contribution in [0.15, 0.2) is 18.2 Å². The Labute approximate surface area is 121 Å². The van der Waals surface area contributed by atoms with Gasteiger partial charge in [-0.25, -0.2) is 0 Å². The molecule has 1 aliphatic carbocycles. The second kappa shape index (κ2) is 5.86. The third-order valence-corrected chi connectivity index (χ3v) is 4.24. The molecule has 2 N–H and O–H groups in total. The first-order chi connectivity index (χ1) is 9.43. The Morgan fingerprint density at radius 2 is 2.00 bits per heavy atom. The highest BCUT2D eigenvalue weighted by Crippen LogP contribution is 2.44. The van der Waals surface area contributed by atoms with Gasteiger partial charge in [0.15, 0.2) is 0 Å². The second-order valence-electron chi connectivity index (χ2n) is 6.56. The Balaban J connectivity index is 2.16. The van der Waals surface area contributed by atoms with E-state index in [-0.39, 0.29) is 17.1 Å². The molecule has 20 heavy (non-hydrogen) atoms. The lowest BCUT2D eigenvalue weighted by Crippen LogP contribution is -2.35. The van der Waals surface area contributed by atoms with Crippen LogP contribution in [-0.2, 0) is 4.79 Å². The lowest BCUT2D eigenvalue weighted by atomic mass is 9.77. The van der Waals surface area contributed by atoms with Gasteiger partial charge >= 0.3 is 0 Å². The number of amides is 1. The monoisotopic (exact) mass is 275 g/mol. The van der Waals surface area contributed by atoms with E-state index in [0.29, 0.717) is 11.6 Å². The minimum atomic E-state index is -0.245. The van der Waals surface area contributed by atoms with Crippen molar-refractivity contribution in [3.8, 4) is 5.75 Å². The topological polar surface area (TPSA) is 49.3 Å². The van der Waals surface area contributed by atoms with Crippen molar-refractivity contribution in [3.05, 3.63) is 23.8 Å². The van der Waals surface area contributed by atoms with E-state index in [1.807, 2.05) is 13.0 Å². The Bertz CT molecular complexity index is 488. The summed E-state index contributed by atoms with van der Waals surface area (Å²) >= 11 is 0. The van der Waals surface area contributed by atoms with Crippen molar-refractivity contribution in [2.75, 3.05) is 5.32 Å². The van der Waals surface area contributed by atoms with Crippen LogP contribution >= 0.6 is 0 Å². The molecule has 1 aliphatic rings. The zero-order valence-corrected chi connectivity index (χ0v) is 12.7. The maximum Gasteiger partial charge on any atom is 0.230 e. The van der Waals surface area contributed by atoms with Crippen LogP contribution in [0.4, 0.5) is 5.69 Å². The summed E-state index contributed by atoms with van der Waals surface area (Å²) in [4.78, 5) is 12.7. The van der Waals surface area contributed by atoms with Crippen molar-refractivity contribution < 1.29 is 9.90 Å². The Kier molecular flexibility index (Phi) is 4.36. The van der Waals surface area contributed by atoms with Gasteiger partial charge in [0, 0.05) is 5.41 Å². The van der Waals surface area contributed by atoms with Gasteiger partial charge in [0.05, 0.1) is 5.69 Å². The summed E-state index contributed by atoms with van der Waals surface area (Å²) in [6, 6.07) is 5.36. The largest absolute Gasteiger partial charge is 0.506 e. The normalized spacial score (nSPS) is 17.4. The molecule has 0 aliphatic heterocycles. The fraction of sp³-hybridized carbons (Fsp3) is 0.588. The number of phenolic OH excluding ortho intramolecular Hbond substituents is 1. The molecular weight excluding hydrogens is 250 g/mol. The molecule has 0 radical (unpaired) electrons. The van der Waals surface area contributed by atoms with Gasteiger partial charge in [-0.05, 0) is 49.8 Å². The van der Waals surface area contributed by atoms with Gasteiger partial charge in [-0.1, -0.05) is 32.8 Å². The minimum absolute atomic E-state index is 0.0721. The van der Waals surface area contributed by atoms with Crippen molar-refractivity contribution >= 4 is 11.6 Å². The van der Waals surface area contributed by atoms with Crippen LogP contribution in [0, 0.1) is 18.3 Å². The molecule has 3 nitrogen and oxygen atoms in total. The molecule has 0 bridgehead atoms. The maximum absolute atomic E-state index is 12.7. The number of aryl methyl sites for hydroxylation is 1. The van der Waals surface area contributed by atoms with E-state index < -0.39 is 0 Å². The number of phenols is 1. The van der Waals surface area contributed by atoms with Gasteiger partial charge in [-0.2, -0.15) is 0 Å². The molecule has 0 aromatic heterocycles. The second-order valence-corrected chi connectivity index (χ2v) is 6.56. The number of carbonyl (C=O) groups excluding carboxylic acids is 1. The van der Waals surface area contributed by atoms with Crippen LogP contribution in [0.2, 0.25) is 0 Å². The van der Waals surface area contributed by atoms with E-state index in [0.717, 1.165) is 37.7 Å². The first-order valence-corrected chi connectivity index (χ1v) is 7.54. The molecule has 0 heterocycles. The third-order valence-electron chi connectivity index (χ3n) is 4.24. The quantitative estimate of drug-likeness (QED) is 0.807. The molecule has 3 heteroatoms. The highest BCUT2D eigenvalue weighted by atomic mass is 16.3. The Hall–Kier alpha value is -1.51. The average molecular weight is 275 g/mol. The van der Waals surface area contributed by atoms with Crippen LogP contribution in [0.25, 0.3) is 0 Å². The summed E-state index contributed by atoms with van der Waals surface area (Å²) in [6.07, 6.45) is 5.10. The molecule has 0 saturated heterocycles. The van der Waals surface area contributed by atoms with Crippen molar-refractivity contribution in [1.29, 1.82) is 0 Å². The zero-order chi connectivity index (χ0) is 14.8. The van der Waals surface area contributed by atoms with Crippen molar-refractivity contribution in [1.82, 2.24) is 0 Å². The molecule has 0 spiro atoms. The molecule has 1 aromatic carbocycles. The summed E-state index contributed by atoms with van der Waals surface area (Å²) in [6.45, 7) is 6.25. The highest BCUT2D eigenvalue weighted by molar-refractivity contribution is 5.96. The van der Waals surface area contributed by atoms with Crippen molar-refractivity contribution in [2.24, 2.45) is 11.3 Å². The predicted molar refractivity (Wildman–Crippen MR) is 81.8 cm³/mol. The summed E-state index contributed by atoms with van der Waals surface area (Å²) in [5.41, 5.74) is 1.26. The van der Waals surface area contributed by atoms with Crippen LogP contribution in [0.5, 0.6) is 5.75 Å². The number of rotatable bonds is 4. The summed E-state index contributed by atoms with van der Waals surface area (Å²) in [7, 11) is 0. The molecule has 0 unspecified atom stereocenters. The van der Waals surface area contributed by atoms with Crippen molar-refractivity contribution in [3.63, 3.8) is 0 Å². The maximum atomic E-state index is 12.7. The van der Waals surface area contributed by atoms with Gasteiger partial charge in [0.2, 0.25) is 5.91 Å². The first-order valence-electron chi connectivity index (χ1n) is 7.54. The third kappa shape index (κ3) is 3.14. The van der Waals surface area contributed by atoms with E-state index in [9.17, 15) is 9.90 Å². The van der Waals surface area contributed by atoms with Gasteiger partial charge in [0.25, 0.3) is 0 Å². The standard InChI is InChI=1S/C17H25NO2/c1-12(2)11-17(8-4-5-9-17)16(20)18-14-7-6-13(3)10-15(14)19/h6-7,10,12,19H,4-5,8-9,11H2,1-3H3,(H,18,20). The van der Waals surface area contributed by atoms with Gasteiger partial charge in [-0.15, -0.1) is 0 Å². The molecule has 1 amide bonds. The smallest absolute Gasteiger partial charge is 0.230 e. The van der Waals surface area contributed by atoms with E-state index in [2.05, 4.69) is 19.2 Å². The zero-order valence-electron chi connectivity index (χ0n) is 12.7. The van der Waals surface area contributed by atoms with Gasteiger partial charge < -0.3 is 10.4 Å². The summed E-state index contributed by atoms with van der Waals surface area (Å²) < 4.78 is 0. The number of hydrogen-bond acceptors (Lipinski definition) is 2. The molecule has 1 fully saturated rings. The fourth-order valence-corrected chi connectivity index (χ4v) is 3.36. The molecular formula is C17H25NO2. The summed E-state index contributed by atoms with van der Waals surface area (Å²) in [5, 5.41) is 12.9. The molecule has 0 atom stereocenters. The molecule has 2 rings (SSSR count).